The number of hydrogen-bond donors (Lipinski definition) is 0. The highest BCUT2D eigenvalue weighted by atomic mass is 19.2. The van der Waals surface area contributed by atoms with Gasteiger partial charge in [0.1, 0.15) is 0 Å². The van der Waals surface area contributed by atoms with Crippen molar-refractivity contribution in [2.75, 3.05) is 0 Å². The van der Waals surface area contributed by atoms with E-state index in [0.29, 0.717) is 0 Å². The highest BCUT2D eigenvalue weighted by Crippen LogP contribution is 2.37. The van der Waals surface area contributed by atoms with Crippen molar-refractivity contribution in [1.29, 1.82) is 0 Å². The molecule has 0 aromatic carbocycles. The van der Waals surface area contributed by atoms with Gasteiger partial charge in [0, 0.05) is 0 Å². The van der Waals surface area contributed by atoms with E-state index in [1.165, 1.54) is 0 Å². The normalized spacial score (nSPS) is 19.5. The molecule has 0 amide bonds. The largest absolute Gasteiger partial charge is 0.264 e. The Morgan fingerprint density at radius 3 is 1.14 bits per heavy atom. The van der Waals surface area contributed by atoms with E-state index in [1.54, 1.807) is 0 Å². The Hall–Kier alpha value is -1.47. The van der Waals surface area contributed by atoms with E-state index in [0.717, 1.165) is 0 Å². The summed E-state index contributed by atoms with van der Waals surface area (Å²) in [5.74, 6) is -16.0. The lowest BCUT2D eigenvalue weighted by Gasteiger charge is -2.05. The van der Waals surface area contributed by atoms with Crippen molar-refractivity contribution in [3.8, 4) is 0 Å². The standard InChI is InChI=1S/C6F7N/c7-1-2(8)4(10)6(12)14(13)5(11)3(1)9. The van der Waals surface area contributed by atoms with Gasteiger partial charge in [0.25, 0.3) is 11.9 Å². The van der Waals surface area contributed by atoms with Crippen molar-refractivity contribution in [3.05, 3.63) is 35.2 Å². The van der Waals surface area contributed by atoms with Crippen LogP contribution >= 0.6 is 0 Å². The molecule has 0 saturated heterocycles. The minimum Gasteiger partial charge on any atom is -0.200 e. The molecule has 0 bridgehead atoms. The molecule has 0 atom stereocenters. The number of nitrogens with zero attached hydrogens (tertiary/aromatic N) is 1. The Morgan fingerprint density at radius 2 is 0.857 bits per heavy atom. The van der Waals surface area contributed by atoms with Crippen LogP contribution in [0.3, 0.4) is 0 Å². The van der Waals surface area contributed by atoms with Gasteiger partial charge in [-0.25, -0.2) is 8.78 Å². The highest BCUT2D eigenvalue weighted by molar-refractivity contribution is 5.36. The fourth-order valence-electron chi connectivity index (χ4n) is 0.632. The molecular weight excluding hydrogens is 219 g/mol. The summed E-state index contributed by atoms with van der Waals surface area (Å²) in [6, 6.07) is 0. The number of halogens is 7. The zero-order valence-electron chi connectivity index (χ0n) is 6.09. The van der Waals surface area contributed by atoms with Gasteiger partial charge in [0.15, 0.2) is 0 Å². The van der Waals surface area contributed by atoms with Crippen LogP contribution in [0.25, 0.3) is 0 Å². The van der Waals surface area contributed by atoms with Gasteiger partial charge in [-0.2, -0.15) is 17.6 Å². The second-order valence-corrected chi connectivity index (χ2v) is 2.12. The molecule has 1 aliphatic heterocycles. The van der Waals surface area contributed by atoms with Crippen LogP contribution in [-0.2, 0) is 0 Å². The Labute approximate surface area is 72.3 Å². The molecule has 1 nitrogen and oxygen atoms in total. The first-order valence-electron chi connectivity index (χ1n) is 3.00. The van der Waals surface area contributed by atoms with E-state index in [9.17, 15) is 30.8 Å². The smallest absolute Gasteiger partial charge is 0.200 e. The molecule has 0 aromatic heterocycles. The molecule has 0 saturated carbocycles. The Balaban J connectivity index is 3.46. The molecule has 8 heteroatoms. The lowest BCUT2D eigenvalue weighted by molar-refractivity contribution is 0.0399. The monoisotopic (exact) mass is 219 g/mol. The maximum atomic E-state index is 12.3. The van der Waals surface area contributed by atoms with Crippen LogP contribution in [0, 0.1) is 0 Å². The summed E-state index contributed by atoms with van der Waals surface area (Å²) in [7, 11) is 0. The van der Waals surface area contributed by atoms with Gasteiger partial charge in [-0.05, 0) is 0 Å². The molecule has 1 rings (SSSR count). The Kier molecular flexibility index (Phi) is 2.54. The van der Waals surface area contributed by atoms with Crippen LogP contribution in [0.4, 0.5) is 30.8 Å². The highest BCUT2D eigenvalue weighted by Gasteiger charge is 2.34. The summed E-state index contributed by atoms with van der Waals surface area (Å²) >= 11 is 0. The molecule has 0 spiro atoms. The van der Waals surface area contributed by atoms with Gasteiger partial charge in [-0.1, -0.05) is 4.48 Å². The third-order valence-electron chi connectivity index (χ3n) is 1.29. The third kappa shape index (κ3) is 1.36. The van der Waals surface area contributed by atoms with Crippen molar-refractivity contribution >= 4 is 0 Å². The molecular formula is C6F7N. The molecule has 1 aliphatic rings. The van der Waals surface area contributed by atoms with Crippen LogP contribution in [-0.4, -0.2) is 5.12 Å². The van der Waals surface area contributed by atoms with Gasteiger partial charge in [-0.3, -0.25) is 0 Å². The molecule has 0 aliphatic carbocycles. The van der Waals surface area contributed by atoms with E-state index in [1.807, 2.05) is 0 Å². The van der Waals surface area contributed by atoms with Gasteiger partial charge >= 0.3 is 0 Å². The molecule has 0 fully saturated rings. The summed E-state index contributed by atoms with van der Waals surface area (Å²) in [5.41, 5.74) is 0. The van der Waals surface area contributed by atoms with Crippen LogP contribution in [0.15, 0.2) is 35.2 Å². The summed E-state index contributed by atoms with van der Waals surface area (Å²) in [6.07, 6.45) is 0. The van der Waals surface area contributed by atoms with Crippen molar-refractivity contribution < 1.29 is 30.8 Å². The molecule has 0 unspecified atom stereocenters. The van der Waals surface area contributed by atoms with Gasteiger partial charge in [0.2, 0.25) is 23.3 Å². The second-order valence-electron chi connectivity index (χ2n) is 2.12. The van der Waals surface area contributed by atoms with Gasteiger partial charge < -0.3 is 0 Å². The van der Waals surface area contributed by atoms with Crippen molar-refractivity contribution in [2.45, 2.75) is 0 Å². The summed E-state index contributed by atoms with van der Waals surface area (Å²) in [5, 5.41) is -1.78. The molecule has 1 heterocycles. The van der Waals surface area contributed by atoms with Crippen LogP contribution in [0.5, 0.6) is 0 Å². The van der Waals surface area contributed by atoms with Gasteiger partial charge in [-0.15, -0.1) is 5.12 Å². The Morgan fingerprint density at radius 1 is 0.571 bits per heavy atom. The third-order valence-corrected chi connectivity index (χ3v) is 1.29. The van der Waals surface area contributed by atoms with Crippen molar-refractivity contribution in [3.63, 3.8) is 0 Å². The maximum absolute atomic E-state index is 12.3. The topological polar surface area (TPSA) is 3.24 Å². The minimum atomic E-state index is -2.71. The fraction of sp³-hybridized carbons (Fsp3) is 0. The summed E-state index contributed by atoms with van der Waals surface area (Å²) in [6.45, 7) is 0. The zero-order chi connectivity index (χ0) is 11.0. The van der Waals surface area contributed by atoms with E-state index in [2.05, 4.69) is 0 Å². The van der Waals surface area contributed by atoms with Crippen molar-refractivity contribution in [1.82, 2.24) is 5.12 Å². The quantitative estimate of drug-likeness (QED) is 0.342. The average molecular weight is 219 g/mol. The lowest BCUT2D eigenvalue weighted by atomic mass is 10.4. The zero-order valence-corrected chi connectivity index (χ0v) is 6.09. The van der Waals surface area contributed by atoms with E-state index in [-0.39, 0.29) is 0 Å². The predicted molar refractivity (Wildman–Crippen MR) is 30.7 cm³/mol. The summed E-state index contributed by atoms with van der Waals surface area (Å²) in [4.78, 5) is 0. The van der Waals surface area contributed by atoms with Crippen LogP contribution in [0.2, 0.25) is 0 Å². The minimum absolute atomic E-state index is 1.78. The van der Waals surface area contributed by atoms with E-state index < -0.39 is 40.3 Å². The maximum Gasteiger partial charge on any atom is 0.264 e. The van der Waals surface area contributed by atoms with Crippen LogP contribution < -0.4 is 0 Å². The fourth-order valence-corrected chi connectivity index (χ4v) is 0.632. The van der Waals surface area contributed by atoms with Gasteiger partial charge in [0.05, 0.1) is 0 Å². The number of allylic oxidation sites excluding steroid dienone is 4. The van der Waals surface area contributed by atoms with Crippen LogP contribution in [0.1, 0.15) is 0 Å². The molecule has 0 N–H and O–H groups in total. The average Bonchev–Trinajstić information content (AvgIpc) is 2.23. The molecule has 78 valence electrons. The Bertz CT molecular complexity index is 332. The molecule has 0 radical (unpaired) electrons. The first-order chi connectivity index (χ1) is 6.37. The number of rotatable bonds is 0. The predicted octanol–water partition coefficient (Wildman–Crippen LogP) is 3.55. The summed E-state index contributed by atoms with van der Waals surface area (Å²) < 4.78 is 85.8. The SMILES string of the molecule is FC1=C(F)C(F)=C(F)N(F)C(F)=C1F. The molecule has 14 heavy (non-hydrogen) atoms. The number of hydrogen-bond acceptors (Lipinski definition) is 1. The second kappa shape index (κ2) is 3.35. The molecule has 0 aromatic rings. The van der Waals surface area contributed by atoms with Crippen molar-refractivity contribution in [2.24, 2.45) is 0 Å². The first kappa shape index (κ1) is 10.6. The lowest BCUT2D eigenvalue weighted by Crippen LogP contribution is -2.07. The van der Waals surface area contributed by atoms with E-state index in [4.69, 9.17) is 0 Å². The first-order valence-corrected chi connectivity index (χ1v) is 3.00. The van der Waals surface area contributed by atoms with E-state index >= 15 is 0 Å².